The molecule has 0 amide bonds. The number of rotatable bonds is 4. The molecule has 0 aliphatic carbocycles. The van der Waals surface area contributed by atoms with E-state index in [1.807, 2.05) is 18.2 Å². The summed E-state index contributed by atoms with van der Waals surface area (Å²) in [7, 11) is 0. The molecule has 3 aromatic carbocycles. The topological polar surface area (TPSA) is 0 Å². The van der Waals surface area contributed by atoms with Gasteiger partial charge in [-0.3, -0.25) is 0 Å². The molecule has 3 rings (SSSR count). The highest BCUT2D eigenvalue weighted by molar-refractivity contribution is 6.31. The molecule has 0 N–H and O–H groups in total. The molecule has 0 unspecified atom stereocenters. The highest BCUT2D eigenvalue weighted by Crippen LogP contribution is 2.36. The van der Waals surface area contributed by atoms with Gasteiger partial charge in [0.1, 0.15) is 0 Å². The van der Waals surface area contributed by atoms with Gasteiger partial charge in [0.05, 0.1) is 0 Å². The Hall–Kier alpha value is -2.57. The van der Waals surface area contributed by atoms with Crippen LogP contribution in [0.25, 0.3) is 27.5 Å². The fraction of sp³-hybridized carbons (Fsp3) is 0.0833. The average Bonchev–Trinajstić information content (AvgIpc) is 2.60. The van der Waals surface area contributed by atoms with Gasteiger partial charge < -0.3 is 0 Å². The van der Waals surface area contributed by atoms with Crippen molar-refractivity contribution >= 4 is 27.9 Å². The van der Waals surface area contributed by atoms with Gasteiger partial charge in [0, 0.05) is 5.02 Å². The molecule has 124 valence electrons. The molecule has 0 aliphatic heterocycles. The average molecular weight is 345 g/mol. The fourth-order valence-electron chi connectivity index (χ4n) is 2.94. The monoisotopic (exact) mass is 344 g/mol. The Balaban J connectivity index is 2.22. The minimum Gasteiger partial charge on any atom is -0.0911 e. The minimum absolute atomic E-state index is 0.738. The maximum absolute atomic E-state index is 6.25. The van der Waals surface area contributed by atoms with Crippen LogP contribution < -0.4 is 0 Å². The first-order valence-corrected chi connectivity index (χ1v) is 8.72. The van der Waals surface area contributed by atoms with Crippen LogP contribution in [0.5, 0.6) is 0 Å². The Kier molecular flexibility index (Phi) is 5.21. The summed E-state index contributed by atoms with van der Waals surface area (Å²) in [5, 5.41) is 3.16. The number of halogens is 1. The van der Waals surface area contributed by atoms with Crippen molar-refractivity contribution < 1.29 is 0 Å². The van der Waals surface area contributed by atoms with E-state index in [0.717, 1.165) is 21.7 Å². The van der Waals surface area contributed by atoms with Gasteiger partial charge in [0.25, 0.3) is 0 Å². The lowest BCUT2D eigenvalue weighted by Crippen LogP contribution is -1.90. The molecule has 0 bridgehead atoms. The molecule has 0 nitrogen and oxygen atoms in total. The zero-order valence-electron chi connectivity index (χ0n) is 14.6. The summed E-state index contributed by atoms with van der Waals surface area (Å²) in [6, 6.07) is 20.7. The third-order valence-corrected chi connectivity index (χ3v) is 4.35. The lowest BCUT2D eigenvalue weighted by Gasteiger charge is -2.14. The standard InChI is InChI=1S/C24H21Cl/c1-17(2)8-6-9-18(3)22-15-14-19-10-4-5-13-23(19)24(22)20-11-7-12-21(25)16-20/h4-16H,3H2,1-2H3/b9-6-. The van der Waals surface area contributed by atoms with Gasteiger partial charge in [-0.15, -0.1) is 0 Å². The highest BCUT2D eigenvalue weighted by Gasteiger charge is 2.11. The predicted octanol–water partition coefficient (Wildman–Crippen LogP) is 7.70. The maximum Gasteiger partial charge on any atom is 0.0412 e. The van der Waals surface area contributed by atoms with Crippen LogP contribution in [0.4, 0.5) is 0 Å². The molecule has 0 saturated carbocycles. The first-order chi connectivity index (χ1) is 12.1. The first kappa shape index (κ1) is 17.3. The molecular weight excluding hydrogens is 324 g/mol. The molecule has 0 heterocycles. The molecule has 25 heavy (non-hydrogen) atoms. The molecule has 0 atom stereocenters. The third-order valence-electron chi connectivity index (χ3n) is 4.12. The molecule has 0 radical (unpaired) electrons. The largest absolute Gasteiger partial charge is 0.0911 e. The molecule has 1 heteroatoms. The Morgan fingerprint density at radius 2 is 1.76 bits per heavy atom. The van der Waals surface area contributed by atoms with Gasteiger partial charge in [-0.2, -0.15) is 0 Å². The number of allylic oxidation sites excluding steroid dienone is 5. The summed E-state index contributed by atoms with van der Waals surface area (Å²) in [5.41, 5.74) is 5.65. The molecule has 0 aliphatic rings. The van der Waals surface area contributed by atoms with Gasteiger partial charge in [-0.1, -0.05) is 90.5 Å². The van der Waals surface area contributed by atoms with E-state index >= 15 is 0 Å². The van der Waals surface area contributed by atoms with E-state index in [4.69, 9.17) is 11.6 Å². The van der Waals surface area contributed by atoms with Crippen molar-refractivity contribution in [2.75, 3.05) is 0 Å². The predicted molar refractivity (Wildman–Crippen MR) is 112 cm³/mol. The van der Waals surface area contributed by atoms with Crippen molar-refractivity contribution in [2.45, 2.75) is 13.8 Å². The third kappa shape index (κ3) is 3.92. The van der Waals surface area contributed by atoms with Crippen molar-refractivity contribution in [2.24, 2.45) is 0 Å². The van der Waals surface area contributed by atoms with E-state index in [1.54, 1.807) is 0 Å². The summed E-state index contributed by atoms with van der Waals surface area (Å²) in [5.74, 6) is 0. The lowest BCUT2D eigenvalue weighted by atomic mass is 9.90. The quantitative estimate of drug-likeness (QED) is 0.425. The summed E-state index contributed by atoms with van der Waals surface area (Å²) < 4.78 is 0. The second kappa shape index (κ2) is 7.55. The number of fused-ring (bicyclic) bond motifs is 1. The van der Waals surface area contributed by atoms with Crippen molar-refractivity contribution in [3.63, 3.8) is 0 Å². The minimum atomic E-state index is 0.738. The zero-order chi connectivity index (χ0) is 17.8. The maximum atomic E-state index is 6.25. The van der Waals surface area contributed by atoms with Crippen LogP contribution >= 0.6 is 11.6 Å². The van der Waals surface area contributed by atoms with Crippen molar-refractivity contribution in [1.82, 2.24) is 0 Å². The molecular formula is C24H21Cl. The summed E-state index contributed by atoms with van der Waals surface area (Å²) in [4.78, 5) is 0. The Morgan fingerprint density at radius 1 is 0.960 bits per heavy atom. The number of benzene rings is 3. The van der Waals surface area contributed by atoms with E-state index in [-0.39, 0.29) is 0 Å². The number of hydrogen-bond acceptors (Lipinski definition) is 0. The van der Waals surface area contributed by atoms with Crippen LogP contribution in [0.15, 0.2) is 91.0 Å². The number of hydrogen-bond donors (Lipinski definition) is 0. The molecule has 0 aromatic heterocycles. The van der Waals surface area contributed by atoms with Crippen molar-refractivity contribution in [3.05, 3.63) is 102 Å². The van der Waals surface area contributed by atoms with Gasteiger partial charge in [0.2, 0.25) is 0 Å². The lowest BCUT2D eigenvalue weighted by molar-refractivity contribution is 1.39. The molecule has 0 spiro atoms. The summed E-state index contributed by atoms with van der Waals surface area (Å²) in [6.07, 6.45) is 6.20. The van der Waals surface area contributed by atoms with Crippen LogP contribution in [0.3, 0.4) is 0 Å². The van der Waals surface area contributed by atoms with E-state index < -0.39 is 0 Å². The van der Waals surface area contributed by atoms with E-state index in [9.17, 15) is 0 Å². The molecule has 3 aromatic rings. The first-order valence-electron chi connectivity index (χ1n) is 8.35. The molecule has 0 saturated heterocycles. The van der Waals surface area contributed by atoms with Gasteiger partial charge >= 0.3 is 0 Å². The fourth-order valence-corrected chi connectivity index (χ4v) is 3.13. The highest BCUT2D eigenvalue weighted by atomic mass is 35.5. The molecule has 0 fully saturated rings. The van der Waals surface area contributed by atoms with E-state index in [2.05, 4.69) is 81.1 Å². The second-order valence-corrected chi connectivity index (χ2v) is 6.78. The van der Waals surface area contributed by atoms with Crippen LogP contribution in [0, 0.1) is 0 Å². The van der Waals surface area contributed by atoms with Gasteiger partial charge in [-0.05, 0) is 59.0 Å². The Morgan fingerprint density at radius 3 is 2.52 bits per heavy atom. The van der Waals surface area contributed by atoms with Crippen molar-refractivity contribution in [3.8, 4) is 11.1 Å². The van der Waals surface area contributed by atoms with Gasteiger partial charge in [-0.25, -0.2) is 0 Å². The summed E-state index contributed by atoms with van der Waals surface area (Å²) >= 11 is 6.25. The zero-order valence-corrected chi connectivity index (χ0v) is 15.3. The Labute approximate surface area is 154 Å². The van der Waals surface area contributed by atoms with E-state index in [0.29, 0.717) is 0 Å². The van der Waals surface area contributed by atoms with Crippen LogP contribution in [-0.4, -0.2) is 0 Å². The SMILES string of the molecule is C=C(/C=C\C=C(C)C)c1ccc2ccccc2c1-c1cccc(Cl)c1. The van der Waals surface area contributed by atoms with Crippen LogP contribution in [0.2, 0.25) is 5.02 Å². The second-order valence-electron chi connectivity index (χ2n) is 6.35. The summed E-state index contributed by atoms with van der Waals surface area (Å²) in [6.45, 7) is 8.46. The van der Waals surface area contributed by atoms with Crippen molar-refractivity contribution in [1.29, 1.82) is 0 Å². The van der Waals surface area contributed by atoms with Crippen LogP contribution in [-0.2, 0) is 0 Å². The van der Waals surface area contributed by atoms with Crippen LogP contribution in [0.1, 0.15) is 19.4 Å². The van der Waals surface area contributed by atoms with E-state index in [1.165, 1.54) is 21.9 Å². The normalized spacial score (nSPS) is 11.0. The Bertz CT molecular complexity index is 986. The smallest absolute Gasteiger partial charge is 0.0412 e. The van der Waals surface area contributed by atoms with Gasteiger partial charge in [0.15, 0.2) is 0 Å².